The Labute approximate surface area is 62.2 Å². The summed E-state index contributed by atoms with van der Waals surface area (Å²) in [6, 6.07) is 0. The molecule has 0 rings (SSSR count). The van der Waals surface area contributed by atoms with Crippen molar-refractivity contribution in [1.29, 1.82) is 0 Å². The number of carboxylic acid groups (broad SMARTS) is 1. The topological polar surface area (TPSA) is 89.7 Å². The highest BCUT2D eigenvalue weighted by Crippen LogP contribution is 1.95. The molecule has 0 amide bonds. The fraction of sp³-hybridized carbons (Fsp3) is 0.400. The van der Waals surface area contributed by atoms with Crippen LogP contribution in [-0.2, 0) is 9.53 Å². The minimum atomic E-state index is -1.61. The molecule has 0 aliphatic heterocycles. The van der Waals surface area contributed by atoms with Gasteiger partial charge in [-0.1, -0.05) is 0 Å². The number of aliphatic carboxylic acids is 1. The summed E-state index contributed by atoms with van der Waals surface area (Å²) < 4.78 is 4.43. The lowest BCUT2D eigenvalue weighted by atomic mass is 10.5. The van der Waals surface area contributed by atoms with Crippen molar-refractivity contribution in [3.05, 3.63) is 22.1 Å². The van der Waals surface area contributed by atoms with Crippen LogP contribution in [0.5, 0.6) is 0 Å². The maximum Gasteiger partial charge on any atom is 0.410 e. The van der Waals surface area contributed by atoms with Crippen LogP contribution in [0, 0.1) is 10.1 Å². The lowest BCUT2D eigenvalue weighted by Gasteiger charge is -1.92. The minimum Gasteiger partial charge on any atom is -0.494 e. The molecule has 0 aliphatic carbocycles. The monoisotopic (exact) mass is 161 g/mol. The fourth-order valence-electron chi connectivity index (χ4n) is 0.334. The number of rotatable bonds is 4. The van der Waals surface area contributed by atoms with Gasteiger partial charge in [-0.25, -0.2) is 4.79 Å². The Balaban J connectivity index is 4.33. The van der Waals surface area contributed by atoms with Crippen molar-refractivity contribution in [2.24, 2.45) is 0 Å². The van der Waals surface area contributed by atoms with E-state index < -0.39 is 16.6 Å². The summed E-state index contributed by atoms with van der Waals surface area (Å²) in [6.45, 7) is 1.79. The van der Waals surface area contributed by atoms with E-state index in [1.807, 2.05) is 0 Å². The molecule has 6 heteroatoms. The predicted molar refractivity (Wildman–Crippen MR) is 34.3 cm³/mol. The Morgan fingerprint density at radius 1 is 1.82 bits per heavy atom. The SMILES string of the molecule is CCO/C=C(/C(=O)O)[N+](=O)[O-]. The molecule has 0 radical (unpaired) electrons. The first-order valence-electron chi connectivity index (χ1n) is 2.79. The number of carbonyl (C=O) groups is 1. The number of nitro groups is 1. The van der Waals surface area contributed by atoms with Crippen molar-refractivity contribution in [2.75, 3.05) is 6.61 Å². The average molecular weight is 161 g/mol. The van der Waals surface area contributed by atoms with E-state index >= 15 is 0 Å². The number of nitrogens with zero attached hydrogens (tertiary/aromatic N) is 1. The second-order valence-electron chi connectivity index (χ2n) is 1.52. The molecule has 1 N–H and O–H groups in total. The van der Waals surface area contributed by atoms with Crippen LogP contribution in [0.1, 0.15) is 6.92 Å². The highest BCUT2D eigenvalue weighted by molar-refractivity contribution is 5.83. The highest BCUT2D eigenvalue weighted by Gasteiger charge is 2.20. The van der Waals surface area contributed by atoms with Crippen LogP contribution in [0.4, 0.5) is 0 Å². The van der Waals surface area contributed by atoms with Crippen molar-refractivity contribution in [1.82, 2.24) is 0 Å². The van der Waals surface area contributed by atoms with Gasteiger partial charge >= 0.3 is 11.7 Å². The summed E-state index contributed by atoms with van der Waals surface area (Å²) in [5, 5.41) is 18.1. The van der Waals surface area contributed by atoms with Gasteiger partial charge in [-0.15, -0.1) is 0 Å². The maximum atomic E-state index is 10.1. The van der Waals surface area contributed by atoms with Crippen molar-refractivity contribution in [2.45, 2.75) is 6.92 Å². The molecule has 0 saturated carbocycles. The summed E-state index contributed by atoms with van der Waals surface area (Å²) in [4.78, 5) is 19.0. The van der Waals surface area contributed by atoms with Gasteiger partial charge in [0.2, 0.25) is 0 Å². The Morgan fingerprint density at radius 3 is 2.64 bits per heavy atom. The van der Waals surface area contributed by atoms with Crippen LogP contribution in [0.25, 0.3) is 0 Å². The molecule has 11 heavy (non-hydrogen) atoms. The molecule has 0 aliphatic rings. The van der Waals surface area contributed by atoms with Gasteiger partial charge in [0.15, 0.2) is 6.26 Å². The molecule has 0 aromatic heterocycles. The molecule has 0 aromatic carbocycles. The Kier molecular flexibility index (Phi) is 3.65. The van der Waals surface area contributed by atoms with Crippen LogP contribution in [0.3, 0.4) is 0 Å². The number of hydrogen-bond acceptors (Lipinski definition) is 4. The number of carboxylic acids is 1. The molecule has 0 aromatic rings. The summed E-state index contributed by atoms with van der Waals surface area (Å²) in [5.74, 6) is -1.61. The minimum absolute atomic E-state index is 0.199. The van der Waals surface area contributed by atoms with Crippen LogP contribution < -0.4 is 0 Å². The van der Waals surface area contributed by atoms with Gasteiger partial charge in [0.05, 0.1) is 11.5 Å². The normalized spacial score (nSPS) is 10.8. The quantitative estimate of drug-likeness (QED) is 0.276. The maximum absolute atomic E-state index is 10.1. The van der Waals surface area contributed by atoms with Crippen molar-refractivity contribution in [3.8, 4) is 0 Å². The van der Waals surface area contributed by atoms with E-state index in [0.717, 1.165) is 0 Å². The van der Waals surface area contributed by atoms with Crippen molar-refractivity contribution >= 4 is 5.97 Å². The van der Waals surface area contributed by atoms with Crippen molar-refractivity contribution < 1.29 is 19.6 Å². The third-order valence-electron chi connectivity index (χ3n) is 0.777. The molecular weight excluding hydrogens is 154 g/mol. The Hall–Kier alpha value is -1.59. The third kappa shape index (κ3) is 3.19. The van der Waals surface area contributed by atoms with Crippen LogP contribution >= 0.6 is 0 Å². The first-order valence-corrected chi connectivity index (χ1v) is 2.79. The van der Waals surface area contributed by atoms with Crippen LogP contribution in [-0.4, -0.2) is 22.6 Å². The lowest BCUT2D eigenvalue weighted by Crippen LogP contribution is -2.10. The molecule has 0 unspecified atom stereocenters. The molecular formula is C5H7NO5. The van der Waals surface area contributed by atoms with Crippen LogP contribution in [0.2, 0.25) is 0 Å². The van der Waals surface area contributed by atoms with Gasteiger partial charge in [-0.3, -0.25) is 10.1 Å². The Morgan fingerprint density at radius 2 is 2.36 bits per heavy atom. The van der Waals surface area contributed by atoms with Gasteiger partial charge in [-0.05, 0) is 6.92 Å². The molecule has 0 heterocycles. The summed E-state index contributed by atoms with van der Waals surface area (Å²) in [7, 11) is 0. The summed E-state index contributed by atoms with van der Waals surface area (Å²) in [5.41, 5.74) is -0.966. The third-order valence-corrected chi connectivity index (χ3v) is 0.777. The van der Waals surface area contributed by atoms with E-state index in [9.17, 15) is 14.9 Å². The molecule has 0 saturated heterocycles. The molecule has 0 fully saturated rings. The van der Waals surface area contributed by atoms with Gasteiger partial charge in [-0.2, -0.15) is 0 Å². The second kappa shape index (κ2) is 4.26. The predicted octanol–water partition coefficient (Wildman–Crippen LogP) is 0.226. The number of hydrogen-bond donors (Lipinski definition) is 1. The number of ether oxygens (including phenoxy) is 1. The van der Waals surface area contributed by atoms with Crippen LogP contribution in [0.15, 0.2) is 12.0 Å². The molecule has 0 atom stereocenters. The fourth-order valence-corrected chi connectivity index (χ4v) is 0.334. The highest BCUT2D eigenvalue weighted by atomic mass is 16.6. The summed E-state index contributed by atoms with van der Waals surface area (Å²) >= 11 is 0. The Bertz CT molecular complexity index is 181. The largest absolute Gasteiger partial charge is 0.494 e. The zero-order valence-electron chi connectivity index (χ0n) is 5.81. The van der Waals surface area contributed by atoms with Gasteiger partial charge < -0.3 is 9.84 Å². The standard InChI is InChI=1S/C5H7NO5/c1-2-11-3-4(5(7)8)6(9)10/h3H,2H2,1H3,(H,7,8)/b4-3-. The summed E-state index contributed by atoms with van der Waals surface area (Å²) in [6.07, 6.45) is 0.613. The first kappa shape index (κ1) is 9.41. The van der Waals surface area contributed by atoms with Gasteiger partial charge in [0.1, 0.15) is 0 Å². The average Bonchev–Trinajstić information content (AvgIpc) is 1.87. The van der Waals surface area contributed by atoms with E-state index in [2.05, 4.69) is 4.74 Å². The molecule has 62 valence electrons. The molecule has 0 spiro atoms. The zero-order valence-corrected chi connectivity index (χ0v) is 5.81. The zero-order chi connectivity index (χ0) is 8.85. The molecule has 0 bridgehead atoms. The van der Waals surface area contributed by atoms with E-state index in [1.54, 1.807) is 6.92 Å². The lowest BCUT2D eigenvalue weighted by molar-refractivity contribution is -0.422. The second-order valence-corrected chi connectivity index (χ2v) is 1.52. The van der Waals surface area contributed by atoms with Crippen molar-refractivity contribution in [3.63, 3.8) is 0 Å². The first-order chi connectivity index (χ1) is 5.09. The van der Waals surface area contributed by atoms with E-state index in [0.29, 0.717) is 6.26 Å². The van der Waals surface area contributed by atoms with E-state index in [1.165, 1.54) is 0 Å². The smallest absolute Gasteiger partial charge is 0.410 e. The van der Waals surface area contributed by atoms with Gasteiger partial charge in [0.25, 0.3) is 0 Å². The van der Waals surface area contributed by atoms with E-state index in [-0.39, 0.29) is 6.61 Å². The molecule has 6 nitrogen and oxygen atoms in total. The van der Waals surface area contributed by atoms with E-state index in [4.69, 9.17) is 5.11 Å². The van der Waals surface area contributed by atoms with Gasteiger partial charge in [0, 0.05) is 0 Å².